The Hall–Kier alpha value is -3.15. The van der Waals surface area contributed by atoms with E-state index in [-0.39, 0.29) is 23.8 Å². The maximum atomic E-state index is 12.9. The lowest BCUT2D eigenvalue weighted by Crippen LogP contribution is -2.35. The lowest BCUT2D eigenvalue weighted by molar-refractivity contribution is -0.121. The molecule has 0 aromatic heterocycles. The van der Waals surface area contributed by atoms with Gasteiger partial charge in [0.25, 0.3) is 5.91 Å². The minimum atomic E-state index is -1.10. The molecule has 140 valence electrons. The average Bonchev–Trinajstić information content (AvgIpc) is 2.85. The van der Waals surface area contributed by atoms with Crippen LogP contribution < -0.4 is 10.2 Å². The second kappa shape index (κ2) is 6.87. The highest BCUT2D eigenvalue weighted by atomic mass is 16.4. The number of hydrogen-bond acceptors (Lipinski definition) is 4. The van der Waals surface area contributed by atoms with E-state index in [0.29, 0.717) is 11.3 Å². The van der Waals surface area contributed by atoms with E-state index in [1.807, 2.05) is 32.9 Å². The number of nitrogens with one attached hydrogen (secondary N) is 1. The molecule has 3 rings (SSSR count). The lowest BCUT2D eigenvalue weighted by atomic mass is 10.0. The van der Waals surface area contributed by atoms with Crippen molar-refractivity contribution in [3.05, 3.63) is 58.1 Å². The Balaban J connectivity index is 1.93. The predicted molar refractivity (Wildman–Crippen MR) is 103 cm³/mol. The Labute approximate surface area is 157 Å². The Morgan fingerprint density at radius 1 is 1.04 bits per heavy atom. The predicted octanol–water partition coefficient (Wildman–Crippen LogP) is 3.36. The molecule has 2 amide bonds. The highest BCUT2D eigenvalue weighted by Gasteiger charge is 2.40. The zero-order valence-electron chi connectivity index (χ0n) is 15.8. The summed E-state index contributed by atoms with van der Waals surface area (Å²) in [5.74, 6) is -1.81. The topological polar surface area (TPSA) is 86.7 Å². The molecule has 0 saturated carbocycles. The zero-order chi connectivity index (χ0) is 19.9. The minimum absolute atomic E-state index is 0.0301. The van der Waals surface area contributed by atoms with Gasteiger partial charge in [0.05, 0.1) is 17.7 Å². The van der Waals surface area contributed by atoms with Crippen molar-refractivity contribution >= 4 is 29.2 Å². The molecular formula is C21H22N2O4. The highest BCUT2D eigenvalue weighted by Crippen LogP contribution is 2.30. The lowest BCUT2D eigenvalue weighted by Gasteiger charge is -2.20. The molecule has 1 fully saturated rings. The smallest absolute Gasteiger partial charge is 0.335 e. The van der Waals surface area contributed by atoms with Crippen LogP contribution in [0.1, 0.15) is 39.0 Å². The molecule has 1 atom stereocenters. The number of amides is 2. The van der Waals surface area contributed by atoms with E-state index in [0.717, 1.165) is 27.3 Å². The molecule has 2 N–H and O–H groups in total. The monoisotopic (exact) mass is 366 g/mol. The molecule has 0 bridgehead atoms. The second-order valence-corrected chi connectivity index (χ2v) is 7.05. The summed E-state index contributed by atoms with van der Waals surface area (Å²) in [5.41, 5.74) is 5.04. The number of carboxylic acid groups (broad SMARTS) is 1. The number of nitrogens with zero attached hydrogens (tertiary/aromatic N) is 1. The van der Waals surface area contributed by atoms with Crippen molar-refractivity contribution in [2.75, 3.05) is 10.2 Å². The number of hydrogen-bond donors (Lipinski definition) is 2. The van der Waals surface area contributed by atoms with Gasteiger partial charge in [0, 0.05) is 5.69 Å². The Morgan fingerprint density at radius 2 is 1.67 bits per heavy atom. The standard InChI is InChI=1S/C21H22N2O4/c1-11-7-13(3)19(14(4)8-11)22-16-10-18(24)23(20(16)25)17-9-15(21(26)27)6-5-12(17)2/h5-9,16,22H,10H2,1-4H3,(H,26,27)/t16-/m0/s1. The molecular weight excluding hydrogens is 344 g/mol. The summed E-state index contributed by atoms with van der Waals surface area (Å²) in [6.45, 7) is 7.67. The fourth-order valence-corrected chi connectivity index (χ4v) is 3.56. The Morgan fingerprint density at radius 3 is 2.26 bits per heavy atom. The van der Waals surface area contributed by atoms with Crippen LogP contribution in [0.25, 0.3) is 0 Å². The molecule has 1 heterocycles. The molecule has 6 nitrogen and oxygen atoms in total. The maximum Gasteiger partial charge on any atom is 0.335 e. The normalized spacial score (nSPS) is 16.7. The third kappa shape index (κ3) is 3.43. The van der Waals surface area contributed by atoms with E-state index in [1.54, 1.807) is 13.0 Å². The van der Waals surface area contributed by atoms with Crippen LogP contribution in [0.15, 0.2) is 30.3 Å². The molecule has 0 spiro atoms. The highest BCUT2D eigenvalue weighted by molar-refractivity contribution is 6.23. The van der Waals surface area contributed by atoms with Gasteiger partial charge in [0.1, 0.15) is 6.04 Å². The van der Waals surface area contributed by atoms with Gasteiger partial charge in [-0.1, -0.05) is 23.8 Å². The third-order valence-electron chi connectivity index (χ3n) is 4.84. The van der Waals surface area contributed by atoms with Crippen molar-refractivity contribution < 1.29 is 19.5 Å². The van der Waals surface area contributed by atoms with Gasteiger partial charge in [0.15, 0.2) is 0 Å². The van der Waals surface area contributed by atoms with Gasteiger partial charge in [-0.05, 0) is 56.5 Å². The number of carbonyl (C=O) groups is 3. The van der Waals surface area contributed by atoms with Gasteiger partial charge in [-0.15, -0.1) is 0 Å². The van der Waals surface area contributed by atoms with Gasteiger partial charge in [-0.25, -0.2) is 9.69 Å². The second-order valence-electron chi connectivity index (χ2n) is 7.05. The molecule has 1 aliphatic rings. The van der Waals surface area contributed by atoms with Crippen molar-refractivity contribution in [2.45, 2.75) is 40.2 Å². The van der Waals surface area contributed by atoms with E-state index < -0.39 is 12.0 Å². The molecule has 2 aromatic carbocycles. The molecule has 2 aromatic rings. The van der Waals surface area contributed by atoms with Crippen molar-refractivity contribution in [1.82, 2.24) is 0 Å². The first-order chi connectivity index (χ1) is 12.7. The molecule has 1 aliphatic heterocycles. The van der Waals surface area contributed by atoms with Crippen LogP contribution in [0, 0.1) is 27.7 Å². The number of aryl methyl sites for hydroxylation is 4. The first-order valence-electron chi connectivity index (χ1n) is 8.74. The first-order valence-corrected chi connectivity index (χ1v) is 8.74. The summed E-state index contributed by atoms with van der Waals surface area (Å²) in [6, 6.07) is 7.81. The first kappa shape index (κ1) is 18.6. The van der Waals surface area contributed by atoms with Crippen LogP contribution in [0.3, 0.4) is 0 Å². The Kier molecular flexibility index (Phi) is 4.74. The van der Waals surface area contributed by atoms with Gasteiger partial charge < -0.3 is 10.4 Å². The SMILES string of the molecule is Cc1cc(C)c(N[C@H]2CC(=O)N(c3cc(C(=O)O)ccc3C)C2=O)c(C)c1. The van der Waals surface area contributed by atoms with Crippen LogP contribution >= 0.6 is 0 Å². The Bertz CT molecular complexity index is 942. The van der Waals surface area contributed by atoms with E-state index in [2.05, 4.69) is 5.32 Å². The van der Waals surface area contributed by atoms with Gasteiger partial charge >= 0.3 is 5.97 Å². The van der Waals surface area contributed by atoms with Crippen LogP contribution in [0.2, 0.25) is 0 Å². The average molecular weight is 366 g/mol. The van der Waals surface area contributed by atoms with Crippen LogP contribution in [0.4, 0.5) is 11.4 Å². The van der Waals surface area contributed by atoms with E-state index >= 15 is 0 Å². The summed E-state index contributed by atoms with van der Waals surface area (Å²) >= 11 is 0. The van der Waals surface area contributed by atoms with Crippen molar-refractivity contribution in [3.8, 4) is 0 Å². The van der Waals surface area contributed by atoms with E-state index in [1.165, 1.54) is 12.1 Å². The zero-order valence-corrected chi connectivity index (χ0v) is 15.8. The maximum absolute atomic E-state index is 12.9. The molecule has 1 saturated heterocycles. The number of carbonyl (C=O) groups excluding carboxylic acids is 2. The molecule has 0 aliphatic carbocycles. The number of rotatable bonds is 4. The number of anilines is 2. The van der Waals surface area contributed by atoms with Crippen molar-refractivity contribution in [1.29, 1.82) is 0 Å². The summed E-state index contributed by atoms with van der Waals surface area (Å²) in [7, 11) is 0. The largest absolute Gasteiger partial charge is 0.478 e. The number of aromatic carboxylic acids is 1. The van der Waals surface area contributed by atoms with Crippen LogP contribution in [-0.2, 0) is 9.59 Å². The fourth-order valence-electron chi connectivity index (χ4n) is 3.56. The van der Waals surface area contributed by atoms with Gasteiger partial charge in [-0.3, -0.25) is 9.59 Å². The molecule has 27 heavy (non-hydrogen) atoms. The van der Waals surface area contributed by atoms with Gasteiger partial charge in [0.2, 0.25) is 5.91 Å². The number of imide groups is 1. The summed E-state index contributed by atoms with van der Waals surface area (Å²) in [5, 5.41) is 12.4. The number of benzene rings is 2. The van der Waals surface area contributed by atoms with Crippen molar-refractivity contribution in [3.63, 3.8) is 0 Å². The quantitative estimate of drug-likeness (QED) is 0.810. The van der Waals surface area contributed by atoms with Crippen LogP contribution in [-0.4, -0.2) is 28.9 Å². The minimum Gasteiger partial charge on any atom is -0.478 e. The summed E-state index contributed by atoms with van der Waals surface area (Å²) < 4.78 is 0. The third-order valence-corrected chi connectivity index (χ3v) is 4.84. The van der Waals surface area contributed by atoms with Crippen molar-refractivity contribution in [2.24, 2.45) is 0 Å². The fraction of sp³-hybridized carbons (Fsp3) is 0.286. The number of carboxylic acids is 1. The van der Waals surface area contributed by atoms with Crippen LogP contribution in [0.5, 0.6) is 0 Å². The summed E-state index contributed by atoms with van der Waals surface area (Å²) in [4.78, 5) is 37.8. The van der Waals surface area contributed by atoms with Gasteiger partial charge in [-0.2, -0.15) is 0 Å². The van der Waals surface area contributed by atoms with E-state index in [4.69, 9.17) is 0 Å². The molecule has 6 heteroatoms. The molecule has 0 unspecified atom stereocenters. The molecule has 0 radical (unpaired) electrons. The summed E-state index contributed by atoms with van der Waals surface area (Å²) in [6.07, 6.45) is 0.0301. The van der Waals surface area contributed by atoms with E-state index in [9.17, 15) is 19.5 Å².